The molecule has 0 radical (unpaired) electrons. The maximum Gasteiger partial charge on any atom is 0.305 e. The predicted octanol–water partition coefficient (Wildman–Crippen LogP) is 18.0. The van der Waals surface area contributed by atoms with Gasteiger partial charge < -0.3 is 14.2 Å². The summed E-state index contributed by atoms with van der Waals surface area (Å²) in [5.74, 6) is -0.471. The minimum atomic E-state index is -0.157. The summed E-state index contributed by atoms with van der Waals surface area (Å²) in [5.41, 5.74) is 0. The van der Waals surface area contributed by atoms with Gasteiger partial charge in [0.25, 0.3) is 0 Å². The summed E-state index contributed by atoms with van der Waals surface area (Å²) in [5, 5.41) is 0. The van der Waals surface area contributed by atoms with E-state index in [1.54, 1.807) is 0 Å². The molecule has 0 aliphatic rings. The zero-order valence-electron chi connectivity index (χ0n) is 44.8. The molecule has 0 unspecified atom stereocenters. The van der Waals surface area contributed by atoms with E-state index < -0.39 is 0 Å². The van der Waals surface area contributed by atoms with Crippen LogP contribution in [0.25, 0.3) is 0 Å². The highest BCUT2D eigenvalue weighted by Gasteiger charge is 2.12. The predicted molar refractivity (Wildman–Crippen MR) is 288 cm³/mol. The number of rotatable bonds is 54. The van der Waals surface area contributed by atoms with Crippen LogP contribution < -0.4 is 0 Å². The fraction of sp³-hybridized carbons (Fsp3) is 0.850. The third kappa shape index (κ3) is 54.4. The summed E-state index contributed by atoms with van der Waals surface area (Å²) in [7, 11) is 0. The molecule has 0 saturated heterocycles. The average Bonchev–Trinajstić information content (AvgIpc) is 3.32. The van der Waals surface area contributed by atoms with Crippen molar-refractivity contribution in [2.75, 3.05) is 39.5 Å². The van der Waals surface area contributed by atoms with Crippen LogP contribution in [0.5, 0.6) is 0 Å². The van der Waals surface area contributed by atoms with Crippen LogP contribution in [-0.4, -0.2) is 62.3 Å². The Morgan fingerprint density at radius 1 is 0.284 bits per heavy atom. The number of allylic oxidation sites excluding steroid dienone is 6. The molecule has 7 nitrogen and oxygen atoms in total. The number of ether oxygens (including phenoxy) is 3. The van der Waals surface area contributed by atoms with Crippen LogP contribution >= 0.6 is 0 Å². The van der Waals surface area contributed by atoms with Crippen molar-refractivity contribution in [3.05, 3.63) is 36.5 Å². The van der Waals surface area contributed by atoms with E-state index in [2.05, 4.69) is 62.1 Å². The average molecular weight is 943 g/mol. The molecular formula is C60H111NO6. The van der Waals surface area contributed by atoms with E-state index in [0.717, 1.165) is 77.0 Å². The number of carbonyl (C=O) groups is 3. The molecule has 0 rings (SSSR count). The standard InChI is InChI=1S/C60H111NO6/c1-4-7-10-13-16-19-22-25-28-31-34-37-40-43-46-49-58(62)65-55-52-61(53-56-66-59(63)50-47-44-41-38-35-32-29-26-23-20-17-14-11-8-5-2)54-57-67-60(64)51-48-45-42-39-36-33-30-27-24-21-18-15-12-9-6-3/h25-30H,4-24,31-57H2,1-3H3/b28-25+,29-26+,30-27+. The lowest BCUT2D eigenvalue weighted by Crippen LogP contribution is -2.35. The normalized spacial score (nSPS) is 11.8. The van der Waals surface area contributed by atoms with Crippen LogP contribution in [0.3, 0.4) is 0 Å². The molecule has 7 heteroatoms. The number of carbonyl (C=O) groups excluding carboxylic acids is 3. The molecule has 0 heterocycles. The quantitative estimate of drug-likeness (QED) is 0.0260. The Hall–Kier alpha value is -2.41. The fourth-order valence-corrected chi connectivity index (χ4v) is 8.44. The van der Waals surface area contributed by atoms with Crippen molar-refractivity contribution in [2.24, 2.45) is 0 Å². The maximum atomic E-state index is 12.5. The zero-order chi connectivity index (χ0) is 48.6. The highest BCUT2D eigenvalue weighted by atomic mass is 16.5. The fourth-order valence-electron chi connectivity index (χ4n) is 8.44. The molecule has 0 aromatic heterocycles. The lowest BCUT2D eigenvalue weighted by molar-refractivity contribution is -0.144. The molecule has 0 bridgehead atoms. The second kappa shape index (κ2) is 56.2. The number of nitrogens with zero attached hydrogens (tertiary/aromatic N) is 1. The van der Waals surface area contributed by atoms with E-state index in [-0.39, 0.29) is 37.7 Å². The van der Waals surface area contributed by atoms with E-state index in [1.807, 2.05) is 0 Å². The van der Waals surface area contributed by atoms with Gasteiger partial charge in [0.05, 0.1) is 0 Å². The summed E-state index contributed by atoms with van der Waals surface area (Å²) in [4.78, 5) is 39.7. The van der Waals surface area contributed by atoms with Crippen molar-refractivity contribution in [3.8, 4) is 0 Å². The smallest absolute Gasteiger partial charge is 0.305 e. The maximum absolute atomic E-state index is 12.5. The largest absolute Gasteiger partial charge is 0.464 e. The highest BCUT2D eigenvalue weighted by molar-refractivity contribution is 5.70. The van der Waals surface area contributed by atoms with Gasteiger partial charge in [0, 0.05) is 38.9 Å². The van der Waals surface area contributed by atoms with Gasteiger partial charge >= 0.3 is 17.9 Å². The van der Waals surface area contributed by atoms with Gasteiger partial charge in [0.2, 0.25) is 0 Å². The second-order valence-electron chi connectivity index (χ2n) is 19.5. The molecule has 0 aromatic carbocycles. The van der Waals surface area contributed by atoms with Gasteiger partial charge in [-0.1, -0.05) is 211 Å². The summed E-state index contributed by atoms with van der Waals surface area (Å²) in [6, 6.07) is 0. The van der Waals surface area contributed by atoms with Gasteiger partial charge in [-0.3, -0.25) is 19.3 Å². The van der Waals surface area contributed by atoms with E-state index in [0.29, 0.717) is 38.9 Å². The Balaban J connectivity index is 4.35. The Labute approximate surface area is 416 Å². The Kier molecular flexibility index (Phi) is 54.2. The van der Waals surface area contributed by atoms with Crippen molar-refractivity contribution in [1.29, 1.82) is 0 Å². The minimum Gasteiger partial charge on any atom is -0.464 e. The molecule has 0 atom stereocenters. The topological polar surface area (TPSA) is 82.1 Å². The van der Waals surface area contributed by atoms with Gasteiger partial charge in [0.15, 0.2) is 0 Å². The van der Waals surface area contributed by atoms with E-state index in [1.165, 1.54) is 173 Å². The van der Waals surface area contributed by atoms with Gasteiger partial charge in [-0.15, -0.1) is 0 Å². The molecule has 0 amide bonds. The molecule has 67 heavy (non-hydrogen) atoms. The lowest BCUT2D eigenvalue weighted by atomic mass is 10.1. The van der Waals surface area contributed by atoms with Crippen molar-refractivity contribution in [2.45, 2.75) is 290 Å². The molecule has 0 N–H and O–H groups in total. The first-order chi connectivity index (χ1) is 33.0. The first kappa shape index (κ1) is 64.6. The number of hydrogen-bond acceptors (Lipinski definition) is 7. The Morgan fingerprint density at radius 3 is 0.701 bits per heavy atom. The van der Waals surface area contributed by atoms with Gasteiger partial charge in [0.1, 0.15) is 19.8 Å². The van der Waals surface area contributed by atoms with Crippen LogP contribution in [-0.2, 0) is 28.6 Å². The Bertz CT molecular complexity index is 996. The first-order valence-electron chi connectivity index (χ1n) is 29.2. The van der Waals surface area contributed by atoms with Gasteiger partial charge in [-0.2, -0.15) is 0 Å². The first-order valence-corrected chi connectivity index (χ1v) is 29.2. The molecule has 0 saturated carbocycles. The summed E-state index contributed by atoms with van der Waals surface area (Å²) in [6.45, 7) is 9.15. The van der Waals surface area contributed by atoms with Crippen molar-refractivity contribution >= 4 is 17.9 Å². The van der Waals surface area contributed by atoms with Crippen LogP contribution in [0.15, 0.2) is 36.5 Å². The van der Waals surface area contributed by atoms with Gasteiger partial charge in [-0.05, 0) is 96.3 Å². The number of esters is 3. The number of hydrogen-bond donors (Lipinski definition) is 0. The van der Waals surface area contributed by atoms with Crippen molar-refractivity contribution < 1.29 is 28.6 Å². The third-order valence-electron chi connectivity index (χ3n) is 12.9. The molecule has 0 aromatic rings. The van der Waals surface area contributed by atoms with Gasteiger partial charge in [-0.25, -0.2) is 0 Å². The summed E-state index contributed by atoms with van der Waals surface area (Å²) in [6.07, 6.45) is 63.3. The zero-order valence-corrected chi connectivity index (χ0v) is 44.8. The summed E-state index contributed by atoms with van der Waals surface area (Å²) < 4.78 is 16.8. The molecule has 0 fully saturated rings. The van der Waals surface area contributed by atoms with Crippen LogP contribution in [0, 0.1) is 0 Å². The summed E-state index contributed by atoms with van der Waals surface area (Å²) >= 11 is 0. The van der Waals surface area contributed by atoms with E-state index in [4.69, 9.17) is 14.2 Å². The molecule has 0 aliphatic carbocycles. The van der Waals surface area contributed by atoms with Crippen molar-refractivity contribution in [3.63, 3.8) is 0 Å². The molecule has 0 spiro atoms. The van der Waals surface area contributed by atoms with E-state index in [9.17, 15) is 14.4 Å². The monoisotopic (exact) mass is 942 g/mol. The van der Waals surface area contributed by atoms with Crippen LogP contribution in [0.2, 0.25) is 0 Å². The minimum absolute atomic E-state index is 0.157. The molecular weight excluding hydrogens is 831 g/mol. The lowest BCUT2D eigenvalue weighted by Gasteiger charge is -2.22. The molecule has 0 aliphatic heterocycles. The second-order valence-corrected chi connectivity index (χ2v) is 19.5. The van der Waals surface area contributed by atoms with Crippen molar-refractivity contribution in [1.82, 2.24) is 4.90 Å². The highest BCUT2D eigenvalue weighted by Crippen LogP contribution is 2.14. The van der Waals surface area contributed by atoms with Crippen LogP contribution in [0.1, 0.15) is 290 Å². The van der Waals surface area contributed by atoms with Crippen LogP contribution in [0.4, 0.5) is 0 Å². The molecule has 392 valence electrons. The van der Waals surface area contributed by atoms with E-state index >= 15 is 0 Å². The number of unbranched alkanes of at least 4 members (excludes halogenated alkanes) is 33. The third-order valence-corrected chi connectivity index (χ3v) is 12.9. The SMILES string of the molecule is CCCCCCCC/C=C/CCCCCCCC(=O)OCCN(CCOC(=O)CCCCCCC/C=C/CCCCCCCC)CCOC(=O)CCCCCCC/C=C/CCCCCCCC. The Morgan fingerprint density at radius 2 is 0.478 bits per heavy atom.